The van der Waals surface area contributed by atoms with Gasteiger partial charge in [0.15, 0.2) is 16.6 Å². The molecule has 0 aliphatic heterocycles. The monoisotopic (exact) mass is 500 g/mol. The second-order valence-electron chi connectivity index (χ2n) is 9.44. The van der Waals surface area contributed by atoms with E-state index in [4.69, 9.17) is 8.85 Å². The van der Waals surface area contributed by atoms with Crippen LogP contribution in [0.2, 0.25) is 36.3 Å². The van der Waals surface area contributed by atoms with Gasteiger partial charge in [-0.15, -0.1) is 0 Å². The van der Waals surface area contributed by atoms with Gasteiger partial charge in [-0.2, -0.15) is 0 Å². The van der Waals surface area contributed by atoms with Crippen molar-refractivity contribution in [3.63, 3.8) is 0 Å². The topological polar surface area (TPSA) is 18.5 Å². The molecule has 1 rings (SSSR count). The normalized spacial score (nSPS) is 13.8. The molecule has 0 atom stereocenters. The van der Waals surface area contributed by atoms with Gasteiger partial charge in [0.1, 0.15) is 0 Å². The SMILES string of the molecule is CC[Si](CC)(CC)OC(C)(C)c1cc(Br)cc(C(C)(C)O[Si](CC)(CC)CC)c1. The van der Waals surface area contributed by atoms with E-state index in [0.29, 0.717) is 0 Å². The Labute approximate surface area is 191 Å². The Morgan fingerprint density at radius 1 is 0.621 bits per heavy atom. The summed E-state index contributed by atoms with van der Waals surface area (Å²) in [5.41, 5.74) is 1.86. The first-order valence-electron chi connectivity index (χ1n) is 11.6. The molecule has 1 aromatic carbocycles. The standard InChI is InChI=1S/C24H45BrO2Si2/c1-11-28(12-2,13-3)26-23(7,8)20-17-21(19-22(25)18-20)24(9,10)27-29(14-4,15-5)16-6/h17-19H,11-16H2,1-10H3. The highest BCUT2D eigenvalue weighted by Gasteiger charge is 2.39. The van der Waals surface area contributed by atoms with Crippen molar-refractivity contribution in [2.24, 2.45) is 0 Å². The van der Waals surface area contributed by atoms with E-state index in [-0.39, 0.29) is 11.2 Å². The third kappa shape index (κ3) is 6.52. The molecule has 29 heavy (non-hydrogen) atoms. The summed E-state index contributed by atoms with van der Waals surface area (Å²) in [5, 5.41) is 0. The minimum atomic E-state index is -1.71. The molecule has 0 aromatic heterocycles. The van der Waals surface area contributed by atoms with Crippen LogP contribution < -0.4 is 0 Å². The van der Waals surface area contributed by atoms with E-state index in [1.807, 2.05) is 0 Å². The summed E-state index contributed by atoms with van der Waals surface area (Å²) < 4.78 is 15.0. The molecule has 0 radical (unpaired) electrons. The fraction of sp³-hybridized carbons (Fsp3) is 0.750. The van der Waals surface area contributed by atoms with Crippen LogP contribution in [0.25, 0.3) is 0 Å². The maximum atomic E-state index is 6.93. The molecule has 0 spiro atoms. The zero-order valence-electron chi connectivity index (χ0n) is 20.7. The van der Waals surface area contributed by atoms with Crippen molar-refractivity contribution in [3.05, 3.63) is 33.8 Å². The van der Waals surface area contributed by atoms with Gasteiger partial charge in [0.05, 0.1) is 11.2 Å². The number of hydrogen-bond acceptors (Lipinski definition) is 2. The molecule has 2 nitrogen and oxygen atoms in total. The molecule has 0 aliphatic rings. The average molecular weight is 502 g/mol. The fourth-order valence-corrected chi connectivity index (χ4v) is 11.2. The van der Waals surface area contributed by atoms with Crippen LogP contribution in [0.1, 0.15) is 80.4 Å². The van der Waals surface area contributed by atoms with Crippen LogP contribution >= 0.6 is 15.9 Å². The van der Waals surface area contributed by atoms with E-state index < -0.39 is 16.6 Å². The van der Waals surface area contributed by atoms with Crippen LogP contribution in [0.15, 0.2) is 22.7 Å². The van der Waals surface area contributed by atoms with Crippen molar-refractivity contribution < 1.29 is 8.85 Å². The minimum Gasteiger partial charge on any atom is -0.408 e. The van der Waals surface area contributed by atoms with Crippen LogP contribution in [0.5, 0.6) is 0 Å². The molecule has 0 bridgehead atoms. The molecular formula is C24H45BrO2Si2. The van der Waals surface area contributed by atoms with Crippen molar-refractivity contribution in [1.29, 1.82) is 0 Å². The molecular weight excluding hydrogens is 456 g/mol. The predicted molar refractivity (Wildman–Crippen MR) is 137 cm³/mol. The summed E-state index contributed by atoms with van der Waals surface area (Å²) in [6.45, 7) is 22.7. The Hall–Kier alpha value is 0.0538. The van der Waals surface area contributed by atoms with Gasteiger partial charge in [-0.25, -0.2) is 0 Å². The van der Waals surface area contributed by atoms with Gasteiger partial charge in [-0.3, -0.25) is 0 Å². The smallest absolute Gasteiger partial charge is 0.193 e. The van der Waals surface area contributed by atoms with Gasteiger partial charge in [0.2, 0.25) is 0 Å². The maximum absolute atomic E-state index is 6.93. The van der Waals surface area contributed by atoms with Crippen molar-refractivity contribution in [2.75, 3.05) is 0 Å². The van der Waals surface area contributed by atoms with Crippen molar-refractivity contribution in [1.82, 2.24) is 0 Å². The summed E-state index contributed by atoms with van der Waals surface area (Å²) >= 11 is 3.77. The Balaban J connectivity index is 3.36. The van der Waals surface area contributed by atoms with Gasteiger partial charge in [0, 0.05) is 4.47 Å². The van der Waals surface area contributed by atoms with Crippen molar-refractivity contribution >= 4 is 32.6 Å². The lowest BCUT2D eigenvalue weighted by molar-refractivity contribution is 0.0872. The summed E-state index contributed by atoms with van der Waals surface area (Å²) in [5.74, 6) is 0. The quantitative estimate of drug-likeness (QED) is 0.266. The first-order valence-corrected chi connectivity index (χ1v) is 17.5. The van der Waals surface area contributed by atoms with Crippen molar-refractivity contribution in [3.8, 4) is 0 Å². The number of benzene rings is 1. The lowest BCUT2D eigenvalue weighted by Gasteiger charge is -2.41. The molecule has 0 unspecified atom stereocenters. The second kappa shape index (κ2) is 10.6. The van der Waals surface area contributed by atoms with Crippen LogP contribution in [-0.2, 0) is 20.1 Å². The first kappa shape index (κ1) is 27.1. The highest BCUT2D eigenvalue weighted by Crippen LogP contribution is 2.39. The van der Waals surface area contributed by atoms with E-state index >= 15 is 0 Å². The Kier molecular flexibility index (Phi) is 9.88. The Bertz CT molecular complexity index is 582. The third-order valence-electron chi connectivity index (χ3n) is 7.10. The van der Waals surface area contributed by atoms with Gasteiger partial charge >= 0.3 is 0 Å². The second-order valence-corrected chi connectivity index (χ2v) is 19.7. The van der Waals surface area contributed by atoms with Crippen LogP contribution in [-0.4, -0.2) is 16.6 Å². The zero-order valence-corrected chi connectivity index (χ0v) is 24.3. The summed E-state index contributed by atoms with van der Waals surface area (Å²) in [6, 6.07) is 13.8. The van der Waals surface area contributed by atoms with E-state index in [0.717, 1.165) is 40.7 Å². The summed E-state index contributed by atoms with van der Waals surface area (Å²) in [4.78, 5) is 0. The molecule has 0 amide bonds. The van der Waals surface area contributed by atoms with Gasteiger partial charge in [0.25, 0.3) is 0 Å². The lowest BCUT2D eigenvalue weighted by Crippen LogP contribution is -2.44. The number of halogens is 1. The molecule has 0 N–H and O–H groups in total. The summed E-state index contributed by atoms with van der Waals surface area (Å²) in [7, 11) is -3.42. The number of hydrogen-bond donors (Lipinski definition) is 0. The predicted octanol–water partition coefficient (Wildman–Crippen LogP) is 8.96. The Morgan fingerprint density at radius 2 is 0.897 bits per heavy atom. The van der Waals surface area contributed by atoms with E-state index in [1.165, 1.54) is 11.1 Å². The van der Waals surface area contributed by atoms with Gasteiger partial charge in [-0.05, 0) is 87.2 Å². The maximum Gasteiger partial charge on any atom is 0.193 e. The van der Waals surface area contributed by atoms with E-state index in [9.17, 15) is 0 Å². The van der Waals surface area contributed by atoms with Crippen LogP contribution in [0.3, 0.4) is 0 Å². The third-order valence-corrected chi connectivity index (χ3v) is 17.2. The zero-order chi connectivity index (χ0) is 22.5. The molecule has 0 fully saturated rings. The molecule has 5 heteroatoms. The van der Waals surface area contributed by atoms with Gasteiger partial charge < -0.3 is 8.85 Å². The molecule has 168 valence electrons. The Morgan fingerprint density at radius 3 is 1.14 bits per heavy atom. The molecule has 0 saturated heterocycles. The molecule has 0 heterocycles. The first-order chi connectivity index (χ1) is 13.4. The minimum absolute atomic E-state index is 0.308. The largest absolute Gasteiger partial charge is 0.408 e. The van der Waals surface area contributed by atoms with E-state index in [2.05, 4.69) is 103 Å². The number of rotatable bonds is 12. The summed E-state index contributed by atoms with van der Waals surface area (Å²) in [6.07, 6.45) is 0. The lowest BCUT2D eigenvalue weighted by atomic mass is 9.91. The highest BCUT2D eigenvalue weighted by molar-refractivity contribution is 9.10. The highest BCUT2D eigenvalue weighted by atomic mass is 79.9. The average Bonchev–Trinajstić information content (AvgIpc) is 2.70. The molecule has 1 aromatic rings. The van der Waals surface area contributed by atoms with Gasteiger partial charge in [-0.1, -0.05) is 63.5 Å². The van der Waals surface area contributed by atoms with Crippen molar-refractivity contribution in [2.45, 2.75) is 117 Å². The molecule has 0 aliphatic carbocycles. The van der Waals surface area contributed by atoms with Crippen LogP contribution in [0.4, 0.5) is 0 Å². The van der Waals surface area contributed by atoms with Crippen LogP contribution in [0, 0.1) is 0 Å². The van der Waals surface area contributed by atoms with E-state index in [1.54, 1.807) is 0 Å². The molecule has 0 saturated carbocycles. The fourth-order valence-electron chi connectivity index (χ4n) is 4.42.